The predicted molar refractivity (Wildman–Crippen MR) is 120 cm³/mol. The van der Waals surface area contributed by atoms with Gasteiger partial charge in [0.05, 0.1) is 17.8 Å². The number of halogens is 3. The number of aromatic nitrogens is 3. The number of carbonyl (C=O) groups is 2. The normalized spacial score (nSPS) is 14.1. The summed E-state index contributed by atoms with van der Waals surface area (Å²) in [6.45, 7) is 1.93. The van der Waals surface area contributed by atoms with Gasteiger partial charge < -0.3 is 15.3 Å². The van der Waals surface area contributed by atoms with Gasteiger partial charge in [0, 0.05) is 25.3 Å². The number of aliphatic carboxylic acids is 1. The number of nitrogens with one attached hydrogen (secondary N) is 2. The van der Waals surface area contributed by atoms with E-state index in [1.165, 1.54) is 0 Å². The first-order valence-electron chi connectivity index (χ1n) is 10.6. The van der Waals surface area contributed by atoms with Crippen LogP contribution < -0.4 is 15.5 Å². The number of para-hydroxylation sites is 1. The number of carboxylic acids is 1. The van der Waals surface area contributed by atoms with Gasteiger partial charge in [0.2, 0.25) is 11.9 Å². The van der Waals surface area contributed by atoms with Crippen LogP contribution >= 0.6 is 0 Å². The molecule has 1 fully saturated rings. The number of carbonyl (C=O) groups excluding carboxylic acids is 1. The first kappa shape index (κ1) is 25.4. The van der Waals surface area contributed by atoms with Crippen LogP contribution in [0.15, 0.2) is 48.7 Å². The molecule has 0 unspecified atom stereocenters. The zero-order chi connectivity index (χ0) is 25.4. The van der Waals surface area contributed by atoms with E-state index < -0.39 is 12.1 Å². The summed E-state index contributed by atoms with van der Waals surface area (Å²) in [4.78, 5) is 23.4. The molecule has 10 nitrogen and oxygen atoms in total. The maximum absolute atomic E-state index is 12.3. The second-order valence-corrected chi connectivity index (χ2v) is 7.57. The Morgan fingerprint density at radius 3 is 2.43 bits per heavy atom. The highest BCUT2D eigenvalue weighted by atomic mass is 19.4. The SMILES string of the molecule is N#Cc1ccccc1N1CCC(NCC(=O)Nc2nnc3ccccn23)CC1.O=C(O)C(F)(F)F. The molecule has 13 heteroatoms. The van der Waals surface area contributed by atoms with Crippen molar-refractivity contribution in [2.24, 2.45) is 0 Å². The Kier molecular flexibility index (Phi) is 8.21. The Labute approximate surface area is 198 Å². The Morgan fingerprint density at radius 2 is 1.77 bits per heavy atom. The fourth-order valence-electron chi connectivity index (χ4n) is 3.50. The number of carboxylic acid groups (broad SMARTS) is 1. The molecule has 1 aliphatic rings. The molecular formula is C22H22F3N7O3. The fourth-order valence-corrected chi connectivity index (χ4v) is 3.50. The van der Waals surface area contributed by atoms with Crippen LogP contribution in [0.4, 0.5) is 24.8 Å². The quantitative estimate of drug-likeness (QED) is 0.497. The van der Waals surface area contributed by atoms with Gasteiger partial charge in [-0.05, 0) is 37.1 Å². The second-order valence-electron chi connectivity index (χ2n) is 7.57. The Balaban J connectivity index is 0.000000429. The number of alkyl halides is 3. The van der Waals surface area contributed by atoms with Crippen molar-refractivity contribution in [3.63, 3.8) is 0 Å². The third-order valence-electron chi connectivity index (χ3n) is 5.22. The lowest BCUT2D eigenvalue weighted by Crippen LogP contribution is -2.45. The van der Waals surface area contributed by atoms with Gasteiger partial charge in [0.1, 0.15) is 6.07 Å². The lowest BCUT2D eigenvalue weighted by molar-refractivity contribution is -0.192. The molecule has 2 aromatic heterocycles. The van der Waals surface area contributed by atoms with Crippen molar-refractivity contribution in [1.82, 2.24) is 19.9 Å². The molecule has 0 aliphatic carbocycles. The molecule has 3 N–H and O–H groups in total. The Morgan fingerprint density at radius 1 is 1.11 bits per heavy atom. The third kappa shape index (κ3) is 6.90. The summed E-state index contributed by atoms with van der Waals surface area (Å²) in [5, 5.41) is 30.5. The van der Waals surface area contributed by atoms with E-state index in [4.69, 9.17) is 9.90 Å². The number of rotatable bonds is 5. The third-order valence-corrected chi connectivity index (χ3v) is 5.22. The lowest BCUT2D eigenvalue weighted by Gasteiger charge is -2.34. The molecule has 4 rings (SSSR count). The number of anilines is 2. The molecule has 1 aliphatic heterocycles. The number of hydrogen-bond acceptors (Lipinski definition) is 7. The van der Waals surface area contributed by atoms with Crippen LogP contribution in [0.3, 0.4) is 0 Å². The van der Waals surface area contributed by atoms with Gasteiger partial charge in [-0.15, -0.1) is 10.2 Å². The molecule has 0 bridgehead atoms. The minimum Gasteiger partial charge on any atom is -0.475 e. The number of nitriles is 1. The lowest BCUT2D eigenvalue weighted by atomic mass is 10.0. The van der Waals surface area contributed by atoms with Gasteiger partial charge in [-0.1, -0.05) is 18.2 Å². The van der Waals surface area contributed by atoms with Crippen LogP contribution in [-0.4, -0.2) is 63.4 Å². The first-order valence-corrected chi connectivity index (χ1v) is 10.6. The largest absolute Gasteiger partial charge is 0.490 e. The Hall–Kier alpha value is -4.18. The summed E-state index contributed by atoms with van der Waals surface area (Å²) in [6.07, 6.45) is -1.44. The summed E-state index contributed by atoms with van der Waals surface area (Å²) in [7, 11) is 0. The molecule has 0 radical (unpaired) electrons. The topological polar surface area (TPSA) is 136 Å². The number of pyridine rings is 1. The van der Waals surface area contributed by atoms with E-state index in [1.807, 2.05) is 48.7 Å². The maximum Gasteiger partial charge on any atom is 0.490 e. The molecule has 0 atom stereocenters. The van der Waals surface area contributed by atoms with Crippen LogP contribution in [0, 0.1) is 11.3 Å². The summed E-state index contributed by atoms with van der Waals surface area (Å²) in [6, 6.07) is 15.8. The number of nitrogens with zero attached hydrogens (tertiary/aromatic N) is 5. The maximum atomic E-state index is 12.3. The zero-order valence-electron chi connectivity index (χ0n) is 18.4. The van der Waals surface area contributed by atoms with Crippen molar-refractivity contribution < 1.29 is 27.9 Å². The van der Waals surface area contributed by atoms with E-state index in [1.54, 1.807) is 4.40 Å². The van der Waals surface area contributed by atoms with Gasteiger partial charge in [0.15, 0.2) is 5.65 Å². The molecule has 3 aromatic rings. The van der Waals surface area contributed by atoms with E-state index in [0.717, 1.165) is 31.6 Å². The van der Waals surface area contributed by atoms with Gasteiger partial charge in [-0.2, -0.15) is 18.4 Å². The minimum absolute atomic E-state index is 0.143. The number of benzene rings is 1. The minimum atomic E-state index is -5.08. The van der Waals surface area contributed by atoms with Crippen molar-refractivity contribution in [3.05, 3.63) is 54.2 Å². The number of amides is 1. The van der Waals surface area contributed by atoms with Gasteiger partial charge in [-0.3, -0.25) is 14.5 Å². The highest BCUT2D eigenvalue weighted by molar-refractivity contribution is 5.91. The van der Waals surface area contributed by atoms with Crippen molar-refractivity contribution in [3.8, 4) is 6.07 Å². The molecule has 0 saturated carbocycles. The smallest absolute Gasteiger partial charge is 0.475 e. The number of hydrogen-bond donors (Lipinski definition) is 3. The average molecular weight is 489 g/mol. The molecule has 1 aromatic carbocycles. The first-order chi connectivity index (χ1) is 16.7. The van der Waals surface area contributed by atoms with Crippen molar-refractivity contribution in [2.45, 2.75) is 25.1 Å². The van der Waals surface area contributed by atoms with Gasteiger partial charge >= 0.3 is 12.1 Å². The van der Waals surface area contributed by atoms with Crippen molar-refractivity contribution in [1.29, 1.82) is 5.26 Å². The molecule has 0 spiro atoms. The summed E-state index contributed by atoms with van der Waals surface area (Å²) in [5.41, 5.74) is 2.38. The van der Waals surface area contributed by atoms with Gasteiger partial charge in [0.25, 0.3) is 0 Å². The fraction of sp³-hybridized carbons (Fsp3) is 0.318. The Bertz CT molecular complexity index is 1210. The second kappa shape index (κ2) is 11.3. The highest BCUT2D eigenvalue weighted by Crippen LogP contribution is 2.23. The summed E-state index contributed by atoms with van der Waals surface area (Å²) in [5.74, 6) is -2.48. The molecule has 3 heterocycles. The average Bonchev–Trinajstić information content (AvgIpc) is 3.25. The van der Waals surface area contributed by atoms with E-state index in [2.05, 4.69) is 31.8 Å². The van der Waals surface area contributed by atoms with Crippen LogP contribution in [0.5, 0.6) is 0 Å². The van der Waals surface area contributed by atoms with E-state index in [-0.39, 0.29) is 18.5 Å². The van der Waals surface area contributed by atoms with Crippen molar-refractivity contribution >= 4 is 29.2 Å². The van der Waals surface area contributed by atoms with Crippen LogP contribution in [0.1, 0.15) is 18.4 Å². The van der Waals surface area contributed by atoms with E-state index >= 15 is 0 Å². The highest BCUT2D eigenvalue weighted by Gasteiger charge is 2.38. The number of fused-ring (bicyclic) bond motifs is 1. The van der Waals surface area contributed by atoms with Crippen LogP contribution in [0.2, 0.25) is 0 Å². The molecule has 35 heavy (non-hydrogen) atoms. The molecule has 1 amide bonds. The van der Waals surface area contributed by atoms with E-state index in [0.29, 0.717) is 17.2 Å². The molecule has 184 valence electrons. The van der Waals surface area contributed by atoms with Crippen LogP contribution in [0.25, 0.3) is 5.65 Å². The predicted octanol–water partition coefficient (Wildman–Crippen LogP) is 2.43. The zero-order valence-corrected chi connectivity index (χ0v) is 18.4. The summed E-state index contributed by atoms with van der Waals surface area (Å²) < 4.78 is 33.5. The van der Waals surface area contributed by atoms with Gasteiger partial charge in [-0.25, -0.2) is 4.79 Å². The molecule has 1 saturated heterocycles. The number of piperidine rings is 1. The summed E-state index contributed by atoms with van der Waals surface area (Å²) >= 11 is 0. The van der Waals surface area contributed by atoms with E-state index in [9.17, 15) is 23.2 Å². The van der Waals surface area contributed by atoms with Crippen molar-refractivity contribution in [2.75, 3.05) is 29.9 Å². The van der Waals surface area contributed by atoms with Crippen LogP contribution in [-0.2, 0) is 9.59 Å². The standard InChI is InChI=1S/C20H21N7O.C2HF3O2/c21-13-15-5-1-2-6-17(15)26-11-8-16(9-12-26)22-14-19(28)23-20-25-24-18-7-3-4-10-27(18)20;3-2(4,5)1(6)7/h1-7,10,16,22H,8-9,11-12,14H2,(H,23,25,28);(H,6,7). The monoisotopic (exact) mass is 489 g/mol. The molecular weight excluding hydrogens is 467 g/mol.